The second kappa shape index (κ2) is 12.3. The molecule has 0 aliphatic heterocycles. The largest absolute Gasteiger partial charge is 0.870 e. The van der Waals surface area contributed by atoms with Gasteiger partial charge in [0.2, 0.25) is 0 Å². The normalized spacial score (nSPS) is 8.57. The minimum Gasteiger partial charge on any atom is -0.870 e. The zero-order valence-corrected chi connectivity index (χ0v) is 14.0. The van der Waals surface area contributed by atoms with E-state index in [1.54, 1.807) is 18.9 Å². The molecule has 0 aromatic heterocycles. The van der Waals surface area contributed by atoms with Crippen LogP contribution in [-0.2, 0) is 14.3 Å². The number of carbonyl (C=O) groups excluding carboxylic acids is 2. The van der Waals surface area contributed by atoms with Crippen molar-refractivity contribution in [3.8, 4) is 0 Å². The molecule has 0 saturated carbocycles. The van der Waals surface area contributed by atoms with E-state index >= 15 is 0 Å². The summed E-state index contributed by atoms with van der Waals surface area (Å²) in [6, 6.07) is 7.67. The van der Waals surface area contributed by atoms with E-state index in [0.717, 1.165) is 10.1 Å². The molecule has 1 amide bonds. The summed E-state index contributed by atoms with van der Waals surface area (Å²) in [5, 5.41) is 0. The molecule has 0 saturated heterocycles. The summed E-state index contributed by atoms with van der Waals surface area (Å²) in [6.45, 7) is 2.10. The van der Waals surface area contributed by atoms with Crippen LogP contribution in [0.4, 0.5) is 5.69 Å². The number of carbonyl (C=O) groups is 2. The number of esters is 1. The molecule has 7 nitrogen and oxygen atoms in total. The van der Waals surface area contributed by atoms with Crippen LogP contribution in [0.2, 0.25) is 0 Å². The molecular formula is C13H19GeNO6. The third-order valence-corrected chi connectivity index (χ3v) is 3.18. The molecule has 0 radical (unpaired) electrons. The smallest absolute Gasteiger partial charge is 0.870 e. The number of nitrogens with zero attached hydrogens (tertiary/aromatic N) is 1. The number of amides is 1. The number of anilines is 1. The van der Waals surface area contributed by atoms with Crippen molar-refractivity contribution in [3.63, 3.8) is 0 Å². The van der Waals surface area contributed by atoms with Crippen LogP contribution in [0.1, 0.15) is 19.8 Å². The van der Waals surface area contributed by atoms with E-state index in [9.17, 15) is 9.59 Å². The number of hydrogen-bond donors (Lipinski definition) is 0. The Hall–Kier alpha value is -1.42. The average Bonchev–Trinajstić information content (AvgIpc) is 2.36. The third kappa shape index (κ3) is 8.46. The van der Waals surface area contributed by atoms with Gasteiger partial charge in [-0.1, -0.05) is 0 Å². The monoisotopic (exact) mass is 359 g/mol. The first-order valence-corrected chi connectivity index (χ1v) is 6.83. The number of ether oxygens (including phenoxy) is 1. The quantitative estimate of drug-likeness (QED) is 0.547. The van der Waals surface area contributed by atoms with E-state index in [4.69, 9.17) is 4.74 Å². The van der Waals surface area contributed by atoms with Crippen molar-refractivity contribution < 1.29 is 30.8 Å². The maximum absolute atomic E-state index is 11.9. The van der Waals surface area contributed by atoms with Crippen LogP contribution in [0.3, 0.4) is 0 Å². The third-order valence-electron chi connectivity index (χ3n) is 2.48. The summed E-state index contributed by atoms with van der Waals surface area (Å²) in [5.74, 6) is -0.421. The van der Waals surface area contributed by atoms with Crippen molar-refractivity contribution in [3.05, 3.63) is 24.3 Å². The van der Waals surface area contributed by atoms with Gasteiger partial charge in [-0.3, -0.25) is 0 Å². The Morgan fingerprint density at radius 2 is 1.62 bits per heavy atom. The molecule has 0 fully saturated rings. The SMILES string of the molecule is CCOC(=O)CCC(=O)N(C)c1cc[c]([Ge+3])cc1.[OH-].[OH-].[OH-]. The Kier molecular flexibility index (Phi) is 14.4. The van der Waals surface area contributed by atoms with Gasteiger partial charge in [-0.15, -0.1) is 0 Å². The number of rotatable bonds is 5. The molecule has 1 aromatic rings. The first-order chi connectivity index (χ1) is 8.54. The topological polar surface area (TPSA) is 137 Å². The molecule has 0 atom stereocenters. The van der Waals surface area contributed by atoms with E-state index in [-0.39, 0.29) is 41.1 Å². The zero-order chi connectivity index (χ0) is 13.5. The van der Waals surface area contributed by atoms with Gasteiger partial charge in [-0.2, -0.15) is 0 Å². The van der Waals surface area contributed by atoms with Gasteiger partial charge in [0.15, 0.2) is 0 Å². The van der Waals surface area contributed by atoms with Gasteiger partial charge in [-0.25, -0.2) is 0 Å². The van der Waals surface area contributed by atoms with Gasteiger partial charge < -0.3 is 16.4 Å². The molecule has 3 N–H and O–H groups in total. The molecule has 0 heterocycles. The first kappa shape index (κ1) is 24.6. The molecule has 0 unspecified atom stereocenters. The zero-order valence-electron chi connectivity index (χ0n) is 11.9. The van der Waals surface area contributed by atoms with Gasteiger partial charge >= 0.3 is 115 Å². The van der Waals surface area contributed by atoms with Crippen LogP contribution in [0.15, 0.2) is 24.3 Å². The van der Waals surface area contributed by atoms with Gasteiger partial charge in [-0.05, 0) is 0 Å². The van der Waals surface area contributed by atoms with E-state index in [2.05, 4.69) is 0 Å². The van der Waals surface area contributed by atoms with Crippen LogP contribution in [0.25, 0.3) is 0 Å². The maximum Gasteiger partial charge on any atom is -0.870 e. The molecular weight excluding hydrogens is 339 g/mol. The second-order valence-corrected chi connectivity index (χ2v) is 5.02. The van der Waals surface area contributed by atoms with Crippen molar-refractivity contribution in [2.24, 2.45) is 0 Å². The summed E-state index contributed by atoms with van der Waals surface area (Å²) in [4.78, 5) is 24.6. The molecule has 1 rings (SSSR count). The van der Waals surface area contributed by atoms with Gasteiger partial charge in [0.05, 0.1) is 0 Å². The van der Waals surface area contributed by atoms with Crippen molar-refractivity contribution in [1.82, 2.24) is 0 Å². The summed E-state index contributed by atoms with van der Waals surface area (Å²) in [5.41, 5.74) is 0.828. The van der Waals surface area contributed by atoms with Crippen molar-refractivity contribution in [2.45, 2.75) is 19.8 Å². The van der Waals surface area contributed by atoms with Gasteiger partial charge in [0.25, 0.3) is 0 Å². The second-order valence-electron chi connectivity index (χ2n) is 3.80. The van der Waals surface area contributed by atoms with Crippen molar-refractivity contribution in [2.75, 3.05) is 18.6 Å². The van der Waals surface area contributed by atoms with Gasteiger partial charge in [0, 0.05) is 0 Å². The van der Waals surface area contributed by atoms with Crippen LogP contribution < -0.4 is 9.30 Å². The molecule has 8 heteroatoms. The molecule has 1 aromatic carbocycles. The van der Waals surface area contributed by atoms with Crippen molar-refractivity contribution >= 4 is 38.5 Å². The first-order valence-electron chi connectivity index (χ1n) is 5.78. The summed E-state index contributed by atoms with van der Waals surface area (Å²) in [7, 11) is 1.71. The van der Waals surface area contributed by atoms with E-state index < -0.39 is 0 Å². The molecule has 116 valence electrons. The maximum atomic E-state index is 11.9. The Morgan fingerprint density at radius 1 is 1.10 bits per heavy atom. The fourth-order valence-corrected chi connectivity index (χ4v) is 1.79. The molecule has 21 heavy (non-hydrogen) atoms. The Bertz CT molecular complexity index is 423. The fraction of sp³-hybridized carbons (Fsp3) is 0.385. The predicted octanol–water partition coefficient (Wildman–Crippen LogP) is 0.256. The minimum atomic E-state index is -0.330. The Balaban J connectivity index is -0.00000108. The van der Waals surface area contributed by atoms with Crippen LogP contribution in [-0.4, -0.2) is 58.5 Å². The molecule has 0 aliphatic rings. The van der Waals surface area contributed by atoms with E-state index in [1.165, 1.54) is 0 Å². The average molecular weight is 358 g/mol. The summed E-state index contributed by atoms with van der Waals surface area (Å²) in [6.07, 6.45) is 0.298. The fourth-order valence-electron chi connectivity index (χ4n) is 1.44. The summed E-state index contributed by atoms with van der Waals surface area (Å²) < 4.78 is 5.93. The Morgan fingerprint density at radius 3 is 2.10 bits per heavy atom. The predicted molar refractivity (Wildman–Crippen MR) is 76.9 cm³/mol. The van der Waals surface area contributed by atoms with Crippen molar-refractivity contribution in [1.29, 1.82) is 0 Å². The number of benzene rings is 1. The number of hydrogen-bond acceptors (Lipinski definition) is 6. The standard InChI is InChI=1S/C13H16GeNO3.3H2O/c1-3-18-13(17)9-8-12(16)15(2)11-6-4-10(14)5-7-11;;;/h4-7H,3,8-9H2,1-2H3;3*1H2/q+3;;;/p-3. The Labute approximate surface area is 132 Å². The molecule has 0 aliphatic carbocycles. The van der Waals surface area contributed by atoms with E-state index in [0.29, 0.717) is 6.61 Å². The van der Waals surface area contributed by atoms with Crippen LogP contribution in [0.5, 0.6) is 0 Å². The molecule has 0 spiro atoms. The summed E-state index contributed by atoms with van der Waals surface area (Å²) >= 11 is 1.99. The van der Waals surface area contributed by atoms with Crippen LogP contribution in [0, 0.1) is 0 Å². The minimum absolute atomic E-state index is 0. The van der Waals surface area contributed by atoms with Gasteiger partial charge in [0.1, 0.15) is 0 Å². The van der Waals surface area contributed by atoms with E-state index in [1.807, 2.05) is 40.8 Å². The molecule has 0 bridgehead atoms. The van der Waals surface area contributed by atoms with Crippen LogP contribution >= 0.6 is 0 Å².